The molecule has 1 amide bonds. The van der Waals surface area contributed by atoms with Crippen LogP contribution in [0.2, 0.25) is 0 Å². The highest BCUT2D eigenvalue weighted by atomic mass is 16.1. The molecule has 2 N–H and O–H groups in total. The molecule has 0 aliphatic carbocycles. The lowest BCUT2D eigenvalue weighted by Crippen LogP contribution is -2.23. The van der Waals surface area contributed by atoms with E-state index in [2.05, 4.69) is 15.5 Å². The summed E-state index contributed by atoms with van der Waals surface area (Å²) in [6.45, 7) is 2.73. The molecule has 0 bridgehead atoms. The minimum absolute atomic E-state index is 0.0339. The van der Waals surface area contributed by atoms with E-state index in [1.54, 1.807) is 6.20 Å². The highest BCUT2D eigenvalue weighted by Gasteiger charge is 2.05. The first-order chi connectivity index (χ1) is 7.31. The zero-order valence-corrected chi connectivity index (χ0v) is 8.58. The molecule has 0 spiro atoms. The van der Waals surface area contributed by atoms with Crippen molar-refractivity contribution >= 4 is 16.8 Å². The molecule has 1 aromatic heterocycles. The molecular formula is C11H13N3O. The third-order valence-corrected chi connectivity index (χ3v) is 2.24. The summed E-state index contributed by atoms with van der Waals surface area (Å²) in [6, 6.07) is 5.51. The van der Waals surface area contributed by atoms with E-state index in [1.165, 1.54) is 0 Å². The van der Waals surface area contributed by atoms with E-state index in [0.717, 1.165) is 17.3 Å². The van der Waals surface area contributed by atoms with Crippen molar-refractivity contribution in [2.45, 2.75) is 13.3 Å². The summed E-state index contributed by atoms with van der Waals surface area (Å²) in [5.41, 5.74) is 1.55. The summed E-state index contributed by atoms with van der Waals surface area (Å²) < 4.78 is 0. The van der Waals surface area contributed by atoms with Crippen molar-refractivity contribution in [2.75, 3.05) is 6.54 Å². The number of nitrogens with one attached hydrogen (secondary N) is 2. The highest BCUT2D eigenvalue weighted by Crippen LogP contribution is 2.12. The molecule has 0 aliphatic heterocycles. The molecular weight excluding hydrogens is 190 g/mol. The molecule has 2 aromatic rings. The predicted molar refractivity (Wildman–Crippen MR) is 58.7 cm³/mol. The summed E-state index contributed by atoms with van der Waals surface area (Å²) in [5.74, 6) is -0.0339. The zero-order chi connectivity index (χ0) is 10.7. The van der Waals surface area contributed by atoms with Crippen LogP contribution in [0.15, 0.2) is 24.4 Å². The van der Waals surface area contributed by atoms with Gasteiger partial charge in [-0.05, 0) is 18.6 Å². The second kappa shape index (κ2) is 4.13. The quantitative estimate of drug-likeness (QED) is 0.797. The minimum atomic E-state index is -0.0339. The molecule has 0 atom stereocenters. The number of amides is 1. The zero-order valence-electron chi connectivity index (χ0n) is 8.58. The molecule has 4 heteroatoms. The van der Waals surface area contributed by atoms with Crippen molar-refractivity contribution in [3.8, 4) is 0 Å². The third kappa shape index (κ3) is 1.98. The molecule has 0 aliphatic rings. The van der Waals surface area contributed by atoms with Gasteiger partial charge in [0, 0.05) is 17.5 Å². The van der Waals surface area contributed by atoms with Crippen LogP contribution in [0.4, 0.5) is 0 Å². The maximum atomic E-state index is 11.6. The minimum Gasteiger partial charge on any atom is -0.352 e. The number of aromatic nitrogens is 2. The predicted octanol–water partition coefficient (Wildman–Crippen LogP) is 1.70. The Hall–Kier alpha value is -1.84. The maximum absolute atomic E-state index is 11.6. The Kier molecular flexibility index (Phi) is 2.67. The number of H-pyrrole nitrogens is 1. The maximum Gasteiger partial charge on any atom is 0.251 e. The molecule has 1 heterocycles. The van der Waals surface area contributed by atoms with Crippen LogP contribution in [0.3, 0.4) is 0 Å². The summed E-state index contributed by atoms with van der Waals surface area (Å²) >= 11 is 0. The molecule has 2 rings (SSSR count). The lowest BCUT2D eigenvalue weighted by Gasteiger charge is -2.02. The van der Waals surface area contributed by atoms with Crippen LogP contribution < -0.4 is 5.32 Å². The van der Waals surface area contributed by atoms with Gasteiger partial charge in [0.15, 0.2) is 0 Å². The first-order valence-corrected chi connectivity index (χ1v) is 5.02. The average molecular weight is 203 g/mol. The Morgan fingerprint density at radius 1 is 1.53 bits per heavy atom. The van der Waals surface area contributed by atoms with Gasteiger partial charge >= 0.3 is 0 Å². The number of rotatable bonds is 3. The molecule has 0 fully saturated rings. The SMILES string of the molecule is CCCNC(=O)c1ccc2cn[nH]c2c1. The van der Waals surface area contributed by atoms with Gasteiger partial charge in [0.1, 0.15) is 0 Å². The second-order valence-electron chi connectivity index (χ2n) is 3.43. The number of hydrogen-bond acceptors (Lipinski definition) is 2. The van der Waals surface area contributed by atoms with Crippen molar-refractivity contribution < 1.29 is 4.79 Å². The van der Waals surface area contributed by atoms with Crippen LogP contribution in [-0.2, 0) is 0 Å². The first kappa shape index (κ1) is 9.71. The van der Waals surface area contributed by atoms with Gasteiger partial charge in [-0.1, -0.05) is 13.0 Å². The number of fused-ring (bicyclic) bond motifs is 1. The third-order valence-electron chi connectivity index (χ3n) is 2.24. The Morgan fingerprint density at radius 2 is 2.40 bits per heavy atom. The van der Waals surface area contributed by atoms with Gasteiger partial charge in [0.05, 0.1) is 11.7 Å². The highest BCUT2D eigenvalue weighted by molar-refractivity contribution is 5.97. The van der Waals surface area contributed by atoms with E-state index in [-0.39, 0.29) is 5.91 Å². The fourth-order valence-corrected chi connectivity index (χ4v) is 1.42. The summed E-state index contributed by atoms with van der Waals surface area (Å²) in [5, 5.41) is 10.6. The van der Waals surface area contributed by atoms with E-state index >= 15 is 0 Å². The number of aromatic amines is 1. The number of carbonyl (C=O) groups excluding carboxylic acids is 1. The Balaban J connectivity index is 2.23. The Morgan fingerprint density at radius 3 is 3.20 bits per heavy atom. The topological polar surface area (TPSA) is 57.8 Å². The van der Waals surface area contributed by atoms with Gasteiger partial charge in [-0.25, -0.2) is 0 Å². The summed E-state index contributed by atoms with van der Waals surface area (Å²) in [7, 11) is 0. The normalized spacial score (nSPS) is 10.5. The van der Waals surface area contributed by atoms with Gasteiger partial charge in [-0.2, -0.15) is 5.10 Å². The van der Waals surface area contributed by atoms with Crippen molar-refractivity contribution in [2.24, 2.45) is 0 Å². The van der Waals surface area contributed by atoms with Crippen LogP contribution in [0.25, 0.3) is 10.9 Å². The van der Waals surface area contributed by atoms with Crippen LogP contribution in [0.5, 0.6) is 0 Å². The molecule has 0 radical (unpaired) electrons. The number of benzene rings is 1. The van der Waals surface area contributed by atoms with Crippen LogP contribution in [-0.4, -0.2) is 22.6 Å². The molecule has 0 saturated heterocycles. The molecule has 1 aromatic carbocycles. The van der Waals surface area contributed by atoms with E-state index in [0.29, 0.717) is 12.1 Å². The standard InChI is InChI=1S/C11H13N3O/c1-2-5-12-11(15)8-3-4-9-7-13-14-10(9)6-8/h3-4,6-7H,2,5H2,1H3,(H,12,15)(H,13,14). The van der Waals surface area contributed by atoms with Crippen LogP contribution >= 0.6 is 0 Å². The lowest BCUT2D eigenvalue weighted by molar-refractivity contribution is 0.0954. The first-order valence-electron chi connectivity index (χ1n) is 5.02. The van der Waals surface area contributed by atoms with E-state index in [9.17, 15) is 4.79 Å². The molecule has 0 saturated carbocycles. The largest absolute Gasteiger partial charge is 0.352 e. The monoisotopic (exact) mass is 203 g/mol. The van der Waals surface area contributed by atoms with Gasteiger partial charge in [-0.3, -0.25) is 9.89 Å². The van der Waals surface area contributed by atoms with Gasteiger partial charge in [0.2, 0.25) is 0 Å². The van der Waals surface area contributed by atoms with E-state index in [4.69, 9.17) is 0 Å². The number of carbonyl (C=O) groups is 1. The van der Waals surface area contributed by atoms with E-state index in [1.807, 2.05) is 25.1 Å². The van der Waals surface area contributed by atoms with Gasteiger partial charge < -0.3 is 5.32 Å². The van der Waals surface area contributed by atoms with Gasteiger partial charge in [0.25, 0.3) is 5.91 Å². The van der Waals surface area contributed by atoms with Crippen LogP contribution in [0.1, 0.15) is 23.7 Å². The van der Waals surface area contributed by atoms with E-state index < -0.39 is 0 Å². The number of hydrogen-bond donors (Lipinski definition) is 2. The average Bonchev–Trinajstić information content (AvgIpc) is 2.72. The van der Waals surface area contributed by atoms with Crippen molar-refractivity contribution in [1.29, 1.82) is 0 Å². The lowest BCUT2D eigenvalue weighted by atomic mass is 10.1. The fourth-order valence-electron chi connectivity index (χ4n) is 1.42. The molecule has 0 unspecified atom stereocenters. The molecule has 78 valence electrons. The van der Waals surface area contributed by atoms with Gasteiger partial charge in [-0.15, -0.1) is 0 Å². The summed E-state index contributed by atoms with van der Waals surface area (Å²) in [4.78, 5) is 11.6. The van der Waals surface area contributed by atoms with Crippen molar-refractivity contribution in [3.63, 3.8) is 0 Å². The second-order valence-corrected chi connectivity index (χ2v) is 3.43. The summed E-state index contributed by atoms with van der Waals surface area (Å²) in [6.07, 6.45) is 2.68. The Labute approximate surface area is 87.7 Å². The fraction of sp³-hybridized carbons (Fsp3) is 0.273. The molecule has 4 nitrogen and oxygen atoms in total. The van der Waals surface area contributed by atoms with Crippen molar-refractivity contribution in [3.05, 3.63) is 30.0 Å². The Bertz CT molecular complexity index is 475. The van der Waals surface area contributed by atoms with Crippen molar-refractivity contribution in [1.82, 2.24) is 15.5 Å². The van der Waals surface area contributed by atoms with Crippen LogP contribution in [0, 0.1) is 0 Å². The smallest absolute Gasteiger partial charge is 0.251 e. The molecule has 15 heavy (non-hydrogen) atoms. The number of nitrogens with zero attached hydrogens (tertiary/aromatic N) is 1.